The lowest BCUT2D eigenvalue weighted by Gasteiger charge is -2.32. The first-order valence-corrected chi connectivity index (χ1v) is 7.36. The fraction of sp³-hybridized carbons (Fsp3) is 0.500. The second-order valence-corrected chi connectivity index (χ2v) is 5.95. The number of benzene rings is 1. The number of carboxylic acid groups (broad SMARTS) is 1. The lowest BCUT2D eigenvalue weighted by molar-refractivity contribution is 0.0697. The van der Waals surface area contributed by atoms with Crippen LogP contribution in [0.15, 0.2) is 24.3 Å². The van der Waals surface area contributed by atoms with Gasteiger partial charge in [0.25, 0.3) is 0 Å². The number of rotatable bonds is 3. The van der Waals surface area contributed by atoms with Gasteiger partial charge in [-0.15, -0.1) is 0 Å². The van der Waals surface area contributed by atoms with Crippen LogP contribution in [0.5, 0.6) is 0 Å². The van der Waals surface area contributed by atoms with Crippen molar-refractivity contribution in [2.45, 2.75) is 39.2 Å². The van der Waals surface area contributed by atoms with Gasteiger partial charge in [0.15, 0.2) is 0 Å². The molecule has 1 aliphatic carbocycles. The van der Waals surface area contributed by atoms with Gasteiger partial charge in [-0.1, -0.05) is 19.9 Å². The van der Waals surface area contributed by atoms with E-state index in [0.717, 1.165) is 19.3 Å². The van der Waals surface area contributed by atoms with Crippen molar-refractivity contribution in [2.75, 3.05) is 5.32 Å². The van der Waals surface area contributed by atoms with E-state index in [4.69, 9.17) is 5.11 Å². The molecule has 2 rings (SSSR count). The predicted molar refractivity (Wildman–Crippen MR) is 81.5 cm³/mol. The molecule has 0 spiro atoms. The molecule has 1 aromatic rings. The highest BCUT2D eigenvalue weighted by molar-refractivity contribution is 5.93. The van der Waals surface area contributed by atoms with E-state index in [1.165, 1.54) is 12.1 Å². The van der Waals surface area contributed by atoms with E-state index in [0.29, 0.717) is 17.5 Å². The highest BCUT2D eigenvalue weighted by atomic mass is 16.4. The average molecular weight is 290 g/mol. The highest BCUT2D eigenvalue weighted by Crippen LogP contribution is 2.29. The summed E-state index contributed by atoms with van der Waals surface area (Å²) in [6.07, 6.45) is 3.11. The van der Waals surface area contributed by atoms with Crippen molar-refractivity contribution in [3.05, 3.63) is 29.8 Å². The third-order valence-corrected chi connectivity index (χ3v) is 4.30. The lowest BCUT2D eigenvalue weighted by atomic mass is 9.79. The van der Waals surface area contributed by atoms with Gasteiger partial charge in [0.1, 0.15) is 0 Å². The van der Waals surface area contributed by atoms with Crippen LogP contribution >= 0.6 is 0 Å². The maximum absolute atomic E-state index is 12.0. The second-order valence-electron chi connectivity index (χ2n) is 5.95. The summed E-state index contributed by atoms with van der Waals surface area (Å²) in [5.41, 5.74) is 0.650. The van der Waals surface area contributed by atoms with Crippen LogP contribution in [0.25, 0.3) is 0 Å². The molecule has 1 fully saturated rings. The highest BCUT2D eigenvalue weighted by Gasteiger charge is 2.25. The van der Waals surface area contributed by atoms with Crippen molar-refractivity contribution < 1.29 is 14.7 Å². The van der Waals surface area contributed by atoms with Crippen LogP contribution < -0.4 is 10.6 Å². The smallest absolute Gasteiger partial charge is 0.335 e. The van der Waals surface area contributed by atoms with Crippen LogP contribution in [-0.2, 0) is 0 Å². The van der Waals surface area contributed by atoms with E-state index < -0.39 is 5.97 Å². The number of hydrogen-bond donors (Lipinski definition) is 3. The van der Waals surface area contributed by atoms with Crippen LogP contribution in [0.1, 0.15) is 43.5 Å². The Morgan fingerprint density at radius 2 is 1.95 bits per heavy atom. The summed E-state index contributed by atoms with van der Waals surface area (Å²) in [6, 6.07) is 6.16. The van der Waals surface area contributed by atoms with Gasteiger partial charge in [0.2, 0.25) is 0 Å². The first-order valence-electron chi connectivity index (χ1n) is 7.36. The molecule has 2 amide bonds. The minimum atomic E-state index is -1.01. The Kier molecular flexibility index (Phi) is 4.83. The van der Waals surface area contributed by atoms with Crippen molar-refractivity contribution in [1.82, 2.24) is 5.32 Å². The van der Waals surface area contributed by atoms with Crippen molar-refractivity contribution >= 4 is 17.7 Å². The molecule has 0 radical (unpaired) electrons. The summed E-state index contributed by atoms with van der Waals surface area (Å²) in [6.45, 7) is 4.46. The Morgan fingerprint density at radius 1 is 1.19 bits per heavy atom. The molecule has 3 unspecified atom stereocenters. The monoisotopic (exact) mass is 290 g/mol. The third kappa shape index (κ3) is 4.21. The number of urea groups is 1. The molecular formula is C16H22N2O3. The zero-order chi connectivity index (χ0) is 15.4. The molecule has 0 bridgehead atoms. The van der Waals surface area contributed by atoms with E-state index >= 15 is 0 Å². The van der Waals surface area contributed by atoms with E-state index in [9.17, 15) is 9.59 Å². The summed E-state index contributed by atoms with van der Waals surface area (Å²) in [4.78, 5) is 22.9. The summed E-state index contributed by atoms with van der Waals surface area (Å²) in [5.74, 6) is 0.312. The number of nitrogens with one attached hydrogen (secondary N) is 2. The number of hydrogen-bond acceptors (Lipinski definition) is 2. The van der Waals surface area contributed by atoms with Gasteiger partial charge in [-0.2, -0.15) is 0 Å². The Hall–Kier alpha value is -2.04. The topological polar surface area (TPSA) is 78.4 Å². The van der Waals surface area contributed by atoms with E-state index in [1.54, 1.807) is 12.1 Å². The molecule has 5 nitrogen and oxygen atoms in total. The lowest BCUT2D eigenvalue weighted by Crippen LogP contribution is -2.41. The number of carbonyl (C=O) groups is 2. The van der Waals surface area contributed by atoms with E-state index in [-0.39, 0.29) is 17.6 Å². The minimum Gasteiger partial charge on any atom is -0.478 e. The van der Waals surface area contributed by atoms with Crippen LogP contribution in [0, 0.1) is 11.8 Å². The normalized spacial score (nSPS) is 25.1. The molecule has 0 heterocycles. The number of carbonyl (C=O) groups excluding carboxylic acids is 1. The zero-order valence-corrected chi connectivity index (χ0v) is 12.4. The number of carboxylic acids is 1. The second kappa shape index (κ2) is 6.61. The summed E-state index contributed by atoms with van der Waals surface area (Å²) >= 11 is 0. The Labute approximate surface area is 124 Å². The molecule has 3 N–H and O–H groups in total. The van der Waals surface area contributed by atoms with Crippen molar-refractivity contribution in [2.24, 2.45) is 11.8 Å². The van der Waals surface area contributed by atoms with Crippen LogP contribution in [0.3, 0.4) is 0 Å². The summed E-state index contributed by atoms with van der Waals surface area (Å²) < 4.78 is 0. The van der Waals surface area contributed by atoms with Crippen LogP contribution in [0.4, 0.5) is 10.5 Å². The SMILES string of the molecule is CC1CCC(NC(=O)Nc2cccc(C(=O)O)c2)CC1C. The maximum Gasteiger partial charge on any atom is 0.335 e. The Bertz CT molecular complexity index is 530. The van der Waals surface area contributed by atoms with Crippen molar-refractivity contribution in [3.63, 3.8) is 0 Å². The molecule has 0 aliphatic heterocycles. The quantitative estimate of drug-likeness (QED) is 0.799. The molecule has 114 valence electrons. The van der Waals surface area contributed by atoms with Crippen LogP contribution in [0.2, 0.25) is 0 Å². The first-order chi connectivity index (χ1) is 9.95. The standard InChI is InChI=1S/C16H22N2O3/c1-10-6-7-14(8-11(10)2)18-16(21)17-13-5-3-4-12(9-13)15(19)20/h3-5,9-11,14H,6-8H2,1-2H3,(H,19,20)(H2,17,18,21). The molecule has 0 saturated heterocycles. The molecular weight excluding hydrogens is 268 g/mol. The molecule has 0 aromatic heterocycles. The largest absolute Gasteiger partial charge is 0.478 e. The summed E-state index contributed by atoms with van der Waals surface area (Å²) in [7, 11) is 0. The number of amides is 2. The van der Waals surface area contributed by atoms with Crippen molar-refractivity contribution in [3.8, 4) is 0 Å². The molecule has 5 heteroatoms. The van der Waals surface area contributed by atoms with Gasteiger partial charge < -0.3 is 15.7 Å². The van der Waals surface area contributed by atoms with Crippen molar-refractivity contribution in [1.29, 1.82) is 0 Å². The molecule has 1 aliphatic rings. The van der Waals surface area contributed by atoms with Gasteiger partial charge in [-0.3, -0.25) is 0 Å². The van der Waals surface area contributed by atoms with Gasteiger partial charge in [-0.25, -0.2) is 9.59 Å². The van der Waals surface area contributed by atoms with Gasteiger partial charge in [0.05, 0.1) is 5.56 Å². The average Bonchev–Trinajstić information content (AvgIpc) is 2.43. The number of aromatic carboxylic acids is 1. The predicted octanol–water partition coefficient (Wildman–Crippen LogP) is 3.33. The summed E-state index contributed by atoms with van der Waals surface area (Å²) in [5, 5.41) is 14.6. The minimum absolute atomic E-state index is 0.160. The fourth-order valence-electron chi connectivity index (χ4n) is 2.76. The molecule has 1 aromatic carbocycles. The van der Waals surface area contributed by atoms with Gasteiger partial charge in [0, 0.05) is 11.7 Å². The van der Waals surface area contributed by atoms with Crippen LogP contribution in [-0.4, -0.2) is 23.1 Å². The molecule has 1 saturated carbocycles. The maximum atomic E-state index is 12.0. The Morgan fingerprint density at radius 3 is 2.62 bits per heavy atom. The third-order valence-electron chi connectivity index (χ3n) is 4.30. The first kappa shape index (κ1) is 15.4. The molecule has 21 heavy (non-hydrogen) atoms. The zero-order valence-electron chi connectivity index (χ0n) is 12.4. The van der Waals surface area contributed by atoms with Gasteiger partial charge in [-0.05, 0) is 49.3 Å². The number of anilines is 1. The fourth-order valence-corrected chi connectivity index (χ4v) is 2.76. The Balaban J connectivity index is 1.90. The van der Waals surface area contributed by atoms with Gasteiger partial charge >= 0.3 is 12.0 Å². The van der Waals surface area contributed by atoms with E-state index in [1.807, 2.05) is 0 Å². The van der Waals surface area contributed by atoms with E-state index in [2.05, 4.69) is 24.5 Å². The molecule has 3 atom stereocenters.